The lowest BCUT2D eigenvalue weighted by molar-refractivity contribution is 0.0748. The maximum Gasteiger partial charge on any atom is 0.256 e. The van der Waals surface area contributed by atoms with Gasteiger partial charge >= 0.3 is 0 Å². The number of hydrogen-bond donors (Lipinski definition) is 0. The molecule has 31 heavy (non-hydrogen) atoms. The van der Waals surface area contributed by atoms with Gasteiger partial charge in [0.25, 0.3) is 5.91 Å². The van der Waals surface area contributed by atoms with Gasteiger partial charge in [-0.1, -0.05) is 6.42 Å². The van der Waals surface area contributed by atoms with E-state index in [2.05, 4.69) is 20.5 Å². The van der Waals surface area contributed by atoms with Gasteiger partial charge in [-0.2, -0.15) is 5.26 Å². The summed E-state index contributed by atoms with van der Waals surface area (Å²) in [4.78, 5) is 31.4. The predicted octanol–water partition coefficient (Wildman–Crippen LogP) is 2.70. The minimum Gasteiger partial charge on any atom is -0.352 e. The Bertz CT molecular complexity index is 1180. The average molecular weight is 416 g/mol. The van der Waals surface area contributed by atoms with Crippen molar-refractivity contribution in [1.29, 1.82) is 5.26 Å². The first-order valence-corrected chi connectivity index (χ1v) is 10.9. The molecule has 1 amide bonds. The van der Waals surface area contributed by atoms with Crippen LogP contribution in [0.15, 0.2) is 24.4 Å². The van der Waals surface area contributed by atoms with Gasteiger partial charge in [-0.25, -0.2) is 15.0 Å². The van der Waals surface area contributed by atoms with E-state index >= 15 is 0 Å². The number of nitrogens with zero attached hydrogens (tertiary/aromatic N) is 7. The normalized spacial score (nSPS) is 16.6. The van der Waals surface area contributed by atoms with Crippen molar-refractivity contribution in [3.8, 4) is 6.07 Å². The maximum absolute atomic E-state index is 13.5. The number of fused-ring (bicyclic) bond motifs is 3. The Balaban J connectivity index is 1.41. The maximum atomic E-state index is 13.5. The standard InChI is InChI=1S/C23H25N7O/c1-16-14-18(20-22(26-16)30-9-4-2-3-7-19(30)27-20)23(31)29-12-10-28(11-13-29)21-17(15-24)6-5-8-25-21/h5-6,8,14H,2-4,7,9-13H2,1H3. The number of imidazole rings is 1. The topological polar surface area (TPSA) is 90.9 Å². The summed E-state index contributed by atoms with van der Waals surface area (Å²) < 4.78 is 2.20. The Morgan fingerprint density at radius 1 is 1.10 bits per heavy atom. The Labute approximate surface area is 181 Å². The second-order valence-corrected chi connectivity index (χ2v) is 8.24. The van der Waals surface area contributed by atoms with Crippen molar-refractivity contribution in [1.82, 2.24) is 24.4 Å². The molecule has 0 unspecified atom stereocenters. The smallest absolute Gasteiger partial charge is 0.256 e. The van der Waals surface area contributed by atoms with Crippen LogP contribution in [0.4, 0.5) is 5.82 Å². The lowest BCUT2D eigenvalue weighted by Gasteiger charge is -2.35. The van der Waals surface area contributed by atoms with Gasteiger partial charge < -0.3 is 14.4 Å². The molecule has 0 atom stereocenters. The lowest BCUT2D eigenvalue weighted by Crippen LogP contribution is -2.49. The number of aromatic nitrogens is 4. The van der Waals surface area contributed by atoms with Crippen LogP contribution in [0.3, 0.4) is 0 Å². The zero-order chi connectivity index (χ0) is 21.4. The van der Waals surface area contributed by atoms with Gasteiger partial charge in [0.2, 0.25) is 0 Å². The lowest BCUT2D eigenvalue weighted by atomic mass is 10.1. The number of aryl methyl sites for hydroxylation is 3. The molecule has 8 nitrogen and oxygen atoms in total. The van der Waals surface area contributed by atoms with E-state index in [4.69, 9.17) is 9.97 Å². The fraction of sp³-hybridized carbons (Fsp3) is 0.435. The molecule has 3 aromatic rings. The van der Waals surface area contributed by atoms with Crippen molar-refractivity contribution in [3.63, 3.8) is 0 Å². The number of nitriles is 1. The van der Waals surface area contributed by atoms with Gasteiger partial charge in [0.15, 0.2) is 5.65 Å². The van der Waals surface area contributed by atoms with Gasteiger partial charge in [-0.3, -0.25) is 4.79 Å². The molecule has 0 aliphatic carbocycles. The average Bonchev–Trinajstić information content (AvgIpc) is 2.98. The van der Waals surface area contributed by atoms with Crippen molar-refractivity contribution in [3.05, 3.63) is 47.0 Å². The summed E-state index contributed by atoms with van der Waals surface area (Å²) in [6.45, 7) is 5.30. The third kappa shape index (κ3) is 3.50. The number of pyridine rings is 2. The Morgan fingerprint density at radius 2 is 1.94 bits per heavy atom. The largest absolute Gasteiger partial charge is 0.352 e. The number of rotatable bonds is 2. The van der Waals surface area contributed by atoms with Gasteiger partial charge in [0, 0.05) is 51.0 Å². The molecular weight excluding hydrogens is 390 g/mol. The Morgan fingerprint density at radius 3 is 2.74 bits per heavy atom. The highest BCUT2D eigenvalue weighted by Gasteiger charge is 2.27. The first-order chi connectivity index (χ1) is 15.2. The summed E-state index contributed by atoms with van der Waals surface area (Å²) in [5, 5.41) is 9.36. The summed E-state index contributed by atoms with van der Waals surface area (Å²) in [7, 11) is 0. The molecule has 1 fully saturated rings. The molecule has 158 valence electrons. The molecule has 3 aromatic heterocycles. The summed E-state index contributed by atoms with van der Waals surface area (Å²) in [6, 6.07) is 7.62. The van der Waals surface area contributed by atoms with Crippen LogP contribution in [0.5, 0.6) is 0 Å². The van der Waals surface area contributed by atoms with Crippen molar-refractivity contribution in [2.24, 2.45) is 0 Å². The van der Waals surface area contributed by atoms with E-state index in [0.717, 1.165) is 48.5 Å². The fourth-order valence-corrected chi connectivity index (χ4v) is 4.61. The Kier molecular flexibility index (Phi) is 5.02. The van der Waals surface area contributed by atoms with Crippen molar-refractivity contribution in [2.75, 3.05) is 31.1 Å². The third-order valence-corrected chi connectivity index (χ3v) is 6.20. The van der Waals surface area contributed by atoms with E-state index in [1.807, 2.05) is 17.9 Å². The SMILES string of the molecule is Cc1cc(C(=O)N2CCN(c3ncccc3C#N)CC2)c2nc3n(c2n1)CCCCC3. The summed E-state index contributed by atoms with van der Waals surface area (Å²) >= 11 is 0. The van der Waals surface area contributed by atoms with E-state index in [1.54, 1.807) is 18.3 Å². The number of piperazine rings is 1. The molecule has 5 rings (SSSR count). The number of carbonyl (C=O) groups excluding carboxylic acids is 1. The molecule has 5 heterocycles. The summed E-state index contributed by atoms with van der Waals surface area (Å²) in [5.41, 5.74) is 3.62. The predicted molar refractivity (Wildman–Crippen MR) is 117 cm³/mol. The van der Waals surface area contributed by atoms with Gasteiger partial charge in [0.05, 0.1) is 11.1 Å². The fourth-order valence-electron chi connectivity index (χ4n) is 4.61. The van der Waals surface area contributed by atoms with Gasteiger partial charge in [0.1, 0.15) is 23.2 Å². The minimum atomic E-state index is 0.00457. The number of amides is 1. The highest BCUT2D eigenvalue weighted by atomic mass is 16.2. The first kappa shape index (κ1) is 19.5. The van der Waals surface area contributed by atoms with E-state index < -0.39 is 0 Å². The van der Waals surface area contributed by atoms with Crippen LogP contribution in [0.2, 0.25) is 0 Å². The molecule has 0 saturated carbocycles. The van der Waals surface area contributed by atoms with Gasteiger partial charge in [-0.15, -0.1) is 0 Å². The number of carbonyl (C=O) groups is 1. The molecule has 8 heteroatoms. The van der Waals surface area contributed by atoms with Crippen molar-refractivity contribution in [2.45, 2.75) is 39.2 Å². The van der Waals surface area contributed by atoms with Gasteiger partial charge in [-0.05, 0) is 38.0 Å². The zero-order valence-corrected chi connectivity index (χ0v) is 17.7. The minimum absolute atomic E-state index is 0.00457. The second kappa shape index (κ2) is 7.99. The molecule has 2 aliphatic heterocycles. The zero-order valence-electron chi connectivity index (χ0n) is 17.7. The highest BCUT2D eigenvalue weighted by molar-refractivity contribution is 6.04. The molecule has 0 radical (unpaired) electrons. The summed E-state index contributed by atoms with van der Waals surface area (Å²) in [5.74, 6) is 1.74. The van der Waals surface area contributed by atoms with E-state index in [-0.39, 0.29) is 5.91 Å². The Hall–Kier alpha value is -3.47. The van der Waals surface area contributed by atoms with Crippen LogP contribution < -0.4 is 4.90 Å². The molecule has 0 aromatic carbocycles. The van der Waals surface area contributed by atoms with E-state index in [0.29, 0.717) is 43.1 Å². The molecular formula is C23H25N7O. The monoisotopic (exact) mass is 415 g/mol. The first-order valence-electron chi connectivity index (χ1n) is 10.9. The van der Waals surface area contributed by atoms with Crippen LogP contribution in [0, 0.1) is 18.3 Å². The van der Waals surface area contributed by atoms with E-state index in [1.165, 1.54) is 6.42 Å². The van der Waals surface area contributed by atoms with Crippen LogP contribution in [0.1, 0.15) is 46.7 Å². The highest BCUT2D eigenvalue weighted by Crippen LogP contribution is 2.26. The van der Waals surface area contributed by atoms with Crippen LogP contribution >= 0.6 is 0 Å². The third-order valence-electron chi connectivity index (χ3n) is 6.20. The molecule has 0 spiro atoms. The van der Waals surface area contributed by atoms with Crippen molar-refractivity contribution < 1.29 is 4.79 Å². The quantitative estimate of drug-likeness (QED) is 0.639. The summed E-state index contributed by atoms with van der Waals surface area (Å²) in [6.07, 6.45) is 6.10. The van der Waals surface area contributed by atoms with Crippen molar-refractivity contribution >= 4 is 22.9 Å². The number of hydrogen-bond acceptors (Lipinski definition) is 6. The molecule has 1 saturated heterocycles. The molecule has 0 bridgehead atoms. The molecule has 0 N–H and O–H groups in total. The molecule has 2 aliphatic rings. The van der Waals surface area contributed by atoms with Crippen LogP contribution in [0.25, 0.3) is 11.2 Å². The van der Waals surface area contributed by atoms with E-state index in [9.17, 15) is 10.1 Å². The number of anilines is 1. The second-order valence-electron chi connectivity index (χ2n) is 8.24. The van der Waals surface area contributed by atoms with Crippen LogP contribution in [-0.4, -0.2) is 56.5 Å². The van der Waals surface area contributed by atoms with Crippen LogP contribution in [-0.2, 0) is 13.0 Å².